The second-order valence-corrected chi connectivity index (χ2v) is 6.74. The normalized spacial score (nSPS) is 16.2. The maximum absolute atomic E-state index is 6.12. The van der Waals surface area contributed by atoms with Crippen LogP contribution >= 0.6 is 0 Å². The Morgan fingerprint density at radius 3 is 2.68 bits per heavy atom. The number of rotatable bonds is 7. The van der Waals surface area contributed by atoms with Gasteiger partial charge in [-0.3, -0.25) is 0 Å². The predicted octanol–water partition coefficient (Wildman–Crippen LogP) is 4.63. The van der Waals surface area contributed by atoms with Gasteiger partial charge in [0, 0.05) is 31.7 Å². The fourth-order valence-corrected chi connectivity index (χ4v) is 3.50. The van der Waals surface area contributed by atoms with Gasteiger partial charge in [0.05, 0.1) is 12.6 Å². The topological polar surface area (TPSA) is 59.5 Å². The van der Waals surface area contributed by atoms with Gasteiger partial charge >= 0.3 is 0 Å². The van der Waals surface area contributed by atoms with Gasteiger partial charge in [-0.1, -0.05) is 6.07 Å². The van der Waals surface area contributed by atoms with E-state index in [1.807, 2.05) is 48.5 Å². The number of methoxy groups -OCH3 is 1. The van der Waals surface area contributed by atoms with Crippen molar-refractivity contribution in [3.05, 3.63) is 67.0 Å². The zero-order valence-corrected chi connectivity index (χ0v) is 15.9. The first-order valence-corrected chi connectivity index (χ1v) is 9.50. The fourth-order valence-electron chi connectivity index (χ4n) is 3.50. The molecule has 6 nitrogen and oxygen atoms in total. The molecule has 0 amide bonds. The summed E-state index contributed by atoms with van der Waals surface area (Å²) in [6.45, 7) is 1.70. The monoisotopic (exact) mass is 376 g/mol. The average molecular weight is 376 g/mol. The molecule has 2 aromatic heterocycles. The van der Waals surface area contributed by atoms with Crippen LogP contribution in [0.1, 0.15) is 12.8 Å². The lowest BCUT2D eigenvalue weighted by atomic mass is 10.2. The molecule has 0 spiro atoms. The Bertz CT molecular complexity index is 887. The molecule has 1 aromatic carbocycles. The lowest BCUT2D eigenvalue weighted by Crippen LogP contribution is -2.33. The minimum absolute atomic E-state index is 0.362. The lowest BCUT2D eigenvalue weighted by molar-refractivity contribution is 0.180. The Morgan fingerprint density at radius 2 is 1.89 bits per heavy atom. The van der Waals surface area contributed by atoms with Gasteiger partial charge in [-0.05, 0) is 61.4 Å². The molecule has 1 fully saturated rings. The van der Waals surface area contributed by atoms with Gasteiger partial charge < -0.3 is 19.7 Å². The number of pyridine rings is 2. The van der Waals surface area contributed by atoms with Crippen molar-refractivity contribution in [1.82, 2.24) is 9.97 Å². The van der Waals surface area contributed by atoms with Gasteiger partial charge in [-0.15, -0.1) is 0 Å². The van der Waals surface area contributed by atoms with Crippen LogP contribution < -0.4 is 15.0 Å². The molecule has 1 atom stereocenters. The van der Waals surface area contributed by atoms with Gasteiger partial charge in [0.25, 0.3) is 0 Å². The highest BCUT2D eigenvalue weighted by atomic mass is 16.5. The highest BCUT2D eigenvalue weighted by molar-refractivity contribution is 5.59. The van der Waals surface area contributed by atoms with Crippen molar-refractivity contribution in [3.63, 3.8) is 0 Å². The van der Waals surface area contributed by atoms with Crippen LogP contribution in [0, 0.1) is 0 Å². The van der Waals surface area contributed by atoms with Crippen LogP contribution in [-0.2, 0) is 4.74 Å². The fraction of sp³-hybridized carbons (Fsp3) is 0.273. The number of nitrogens with one attached hydrogen (secondary N) is 1. The van der Waals surface area contributed by atoms with E-state index in [1.165, 1.54) is 0 Å². The molecule has 0 radical (unpaired) electrons. The van der Waals surface area contributed by atoms with E-state index < -0.39 is 0 Å². The van der Waals surface area contributed by atoms with Crippen LogP contribution in [0.15, 0.2) is 67.0 Å². The molecular weight excluding hydrogens is 352 g/mol. The van der Waals surface area contributed by atoms with Gasteiger partial charge in [-0.25, -0.2) is 9.97 Å². The summed E-state index contributed by atoms with van der Waals surface area (Å²) in [5.41, 5.74) is 1.96. The number of anilines is 3. The number of aromatic nitrogens is 2. The Balaban J connectivity index is 1.49. The molecule has 0 saturated carbocycles. The van der Waals surface area contributed by atoms with Crippen molar-refractivity contribution in [2.75, 3.05) is 30.5 Å². The van der Waals surface area contributed by atoms with Crippen molar-refractivity contribution in [1.29, 1.82) is 0 Å². The number of hydrogen-bond acceptors (Lipinski definition) is 6. The van der Waals surface area contributed by atoms with E-state index in [0.29, 0.717) is 18.5 Å². The highest BCUT2D eigenvalue weighted by Crippen LogP contribution is 2.35. The summed E-state index contributed by atoms with van der Waals surface area (Å²) in [7, 11) is 1.75. The Kier molecular flexibility index (Phi) is 5.68. The average Bonchev–Trinajstić information content (AvgIpc) is 3.19. The molecule has 0 aliphatic carbocycles. The second kappa shape index (κ2) is 8.71. The zero-order chi connectivity index (χ0) is 19.2. The first kappa shape index (κ1) is 18.3. The summed E-state index contributed by atoms with van der Waals surface area (Å²) < 4.78 is 11.5. The van der Waals surface area contributed by atoms with Gasteiger partial charge in [-0.2, -0.15) is 0 Å². The molecule has 3 aromatic rings. The van der Waals surface area contributed by atoms with Gasteiger partial charge in [0.2, 0.25) is 5.88 Å². The molecule has 144 valence electrons. The first-order chi connectivity index (χ1) is 13.8. The van der Waals surface area contributed by atoms with Crippen LogP contribution in [0.4, 0.5) is 17.2 Å². The minimum atomic E-state index is 0.362. The Morgan fingerprint density at radius 1 is 1.04 bits per heavy atom. The number of hydrogen-bond donors (Lipinski definition) is 1. The maximum atomic E-state index is 6.12. The van der Waals surface area contributed by atoms with Crippen molar-refractivity contribution in [2.45, 2.75) is 18.9 Å². The first-order valence-electron chi connectivity index (χ1n) is 9.50. The third-order valence-corrected chi connectivity index (χ3v) is 4.80. The van der Waals surface area contributed by atoms with E-state index >= 15 is 0 Å². The molecule has 1 aliphatic heterocycles. The van der Waals surface area contributed by atoms with E-state index in [4.69, 9.17) is 9.47 Å². The molecule has 1 saturated heterocycles. The highest BCUT2D eigenvalue weighted by Gasteiger charge is 2.27. The Hall–Kier alpha value is -3.12. The molecule has 28 heavy (non-hydrogen) atoms. The van der Waals surface area contributed by atoms with Crippen molar-refractivity contribution in [3.8, 4) is 11.6 Å². The molecule has 6 heteroatoms. The van der Waals surface area contributed by atoms with Crippen LogP contribution in [0.5, 0.6) is 11.6 Å². The van der Waals surface area contributed by atoms with E-state index in [2.05, 4.69) is 26.3 Å². The standard InChI is InChI=1S/C22H24N4O2/c1-27-16-18-6-5-15-26(18)20-7-4-14-24-22(20)28-19-11-9-17(10-12-19)25-21-8-2-3-13-23-21/h2-4,7-14,18H,5-6,15-16H2,1H3,(H,23,25)/t18-/m0/s1. The predicted molar refractivity (Wildman–Crippen MR) is 111 cm³/mol. The summed E-state index contributed by atoms with van der Waals surface area (Å²) >= 11 is 0. The quantitative estimate of drug-likeness (QED) is 0.649. The number of nitrogens with zero attached hydrogens (tertiary/aromatic N) is 3. The molecule has 0 bridgehead atoms. The largest absolute Gasteiger partial charge is 0.437 e. The van der Waals surface area contributed by atoms with Crippen LogP contribution in [-0.4, -0.2) is 36.3 Å². The summed E-state index contributed by atoms with van der Waals surface area (Å²) in [5, 5.41) is 3.27. The van der Waals surface area contributed by atoms with Crippen molar-refractivity contribution >= 4 is 17.2 Å². The third-order valence-electron chi connectivity index (χ3n) is 4.80. The van der Waals surface area contributed by atoms with E-state index in [9.17, 15) is 0 Å². The molecular formula is C22H24N4O2. The van der Waals surface area contributed by atoms with E-state index in [1.54, 1.807) is 19.5 Å². The van der Waals surface area contributed by atoms with Gasteiger partial charge in [0.1, 0.15) is 17.3 Å². The lowest BCUT2D eigenvalue weighted by Gasteiger charge is -2.27. The van der Waals surface area contributed by atoms with Gasteiger partial charge in [0.15, 0.2) is 0 Å². The molecule has 0 unspecified atom stereocenters. The second-order valence-electron chi connectivity index (χ2n) is 6.74. The van der Waals surface area contributed by atoms with E-state index in [0.717, 1.165) is 42.3 Å². The zero-order valence-electron chi connectivity index (χ0n) is 15.9. The number of ether oxygens (including phenoxy) is 2. The smallest absolute Gasteiger partial charge is 0.243 e. The molecule has 1 N–H and O–H groups in total. The molecule has 4 rings (SSSR count). The number of benzene rings is 1. The summed E-state index contributed by atoms with van der Waals surface area (Å²) in [6.07, 6.45) is 5.79. The summed E-state index contributed by atoms with van der Waals surface area (Å²) in [4.78, 5) is 11.1. The third kappa shape index (κ3) is 4.23. The van der Waals surface area contributed by atoms with E-state index in [-0.39, 0.29) is 0 Å². The Labute approximate surface area is 165 Å². The van der Waals surface area contributed by atoms with Crippen LogP contribution in [0.25, 0.3) is 0 Å². The molecule has 3 heterocycles. The van der Waals surface area contributed by atoms with Crippen LogP contribution in [0.3, 0.4) is 0 Å². The van der Waals surface area contributed by atoms with Crippen molar-refractivity contribution in [2.24, 2.45) is 0 Å². The van der Waals surface area contributed by atoms with Crippen molar-refractivity contribution < 1.29 is 9.47 Å². The summed E-state index contributed by atoms with van der Waals surface area (Å²) in [6, 6.07) is 17.9. The summed E-state index contributed by atoms with van der Waals surface area (Å²) in [5.74, 6) is 2.17. The van der Waals surface area contributed by atoms with Crippen LogP contribution in [0.2, 0.25) is 0 Å². The minimum Gasteiger partial charge on any atom is -0.437 e. The maximum Gasteiger partial charge on any atom is 0.243 e. The molecule has 1 aliphatic rings. The SMILES string of the molecule is COC[C@@H]1CCCN1c1cccnc1Oc1ccc(Nc2ccccn2)cc1.